The minimum absolute atomic E-state index is 0.223. The zero-order chi connectivity index (χ0) is 11.3. The Kier molecular flexibility index (Phi) is 5.58. The van der Waals surface area contributed by atoms with Gasteiger partial charge >= 0.3 is 0 Å². The third kappa shape index (κ3) is 4.09. The standard InChI is InChI=1S/C11H14BrClFN/c1-8(5-6-13)15-7-9-3-2-4-10(14)11(9)12/h2-4,8,15H,5-7H2,1H3. The molecular formula is C11H14BrClFN. The Labute approximate surface area is 103 Å². The lowest BCUT2D eigenvalue weighted by Crippen LogP contribution is -2.26. The molecule has 0 spiro atoms. The molecule has 4 heteroatoms. The van der Waals surface area contributed by atoms with Gasteiger partial charge < -0.3 is 5.32 Å². The molecule has 0 heterocycles. The summed E-state index contributed by atoms with van der Waals surface area (Å²) in [6.45, 7) is 2.71. The Balaban J connectivity index is 2.54. The SMILES string of the molecule is CC(CCCl)NCc1cccc(F)c1Br. The molecule has 1 aromatic carbocycles. The molecule has 0 fully saturated rings. The summed E-state index contributed by atoms with van der Waals surface area (Å²) in [6, 6.07) is 5.39. The van der Waals surface area contributed by atoms with Crippen LogP contribution in [0.25, 0.3) is 0 Å². The maximum absolute atomic E-state index is 13.2. The summed E-state index contributed by atoms with van der Waals surface area (Å²) >= 11 is 8.85. The van der Waals surface area contributed by atoms with E-state index in [0.717, 1.165) is 12.0 Å². The van der Waals surface area contributed by atoms with Crippen LogP contribution in [0, 0.1) is 5.82 Å². The van der Waals surface area contributed by atoms with E-state index >= 15 is 0 Å². The highest BCUT2D eigenvalue weighted by molar-refractivity contribution is 9.10. The van der Waals surface area contributed by atoms with Crippen LogP contribution in [0.3, 0.4) is 0 Å². The van der Waals surface area contributed by atoms with E-state index in [9.17, 15) is 4.39 Å². The van der Waals surface area contributed by atoms with E-state index in [1.54, 1.807) is 6.07 Å². The van der Waals surface area contributed by atoms with Gasteiger partial charge in [0.2, 0.25) is 0 Å². The Hall–Kier alpha value is -0.120. The highest BCUT2D eigenvalue weighted by Crippen LogP contribution is 2.20. The summed E-state index contributed by atoms with van der Waals surface area (Å²) in [5.74, 6) is 0.415. The van der Waals surface area contributed by atoms with Crippen LogP contribution in [0.15, 0.2) is 22.7 Å². The minimum Gasteiger partial charge on any atom is -0.310 e. The molecule has 0 aliphatic carbocycles. The molecule has 0 radical (unpaired) electrons. The molecule has 0 aliphatic rings. The van der Waals surface area contributed by atoms with Crippen molar-refractivity contribution in [3.8, 4) is 0 Å². The quantitative estimate of drug-likeness (QED) is 0.817. The maximum atomic E-state index is 13.2. The second-order valence-electron chi connectivity index (χ2n) is 3.47. The Morgan fingerprint density at radius 1 is 1.53 bits per heavy atom. The summed E-state index contributed by atoms with van der Waals surface area (Å²) in [7, 11) is 0. The molecule has 0 amide bonds. The molecule has 1 rings (SSSR count). The van der Waals surface area contributed by atoms with Gasteiger partial charge in [-0.25, -0.2) is 4.39 Å². The summed E-state index contributed by atoms with van der Waals surface area (Å²) < 4.78 is 13.7. The predicted octanol–water partition coefficient (Wildman–Crippen LogP) is 3.70. The molecule has 0 saturated carbocycles. The molecule has 0 aliphatic heterocycles. The van der Waals surface area contributed by atoms with Crippen molar-refractivity contribution in [1.29, 1.82) is 0 Å². The first-order chi connectivity index (χ1) is 7.15. The van der Waals surface area contributed by atoms with Crippen LogP contribution >= 0.6 is 27.5 Å². The number of nitrogens with one attached hydrogen (secondary N) is 1. The molecule has 1 atom stereocenters. The van der Waals surface area contributed by atoms with Gasteiger partial charge in [-0.3, -0.25) is 0 Å². The average Bonchev–Trinajstić information content (AvgIpc) is 2.21. The minimum atomic E-state index is -0.223. The summed E-state index contributed by atoms with van der Waals surface area (Å²) in [6.07, 6.45) is 0.911. The fourth-order valence-electron chi connectivity index (χ4n) is 1.23. The monoisotopic (exact) mass is 293 g/mol. The van der Waals surface area contributed by atoms with Gasteiger partial charge in [-0.05, 0) is 40.9 Å². The zero-order valence-corrected chi connectivity index (χ0v) is 10.9. The molecule has 1 N–H and O–H groups in total. The molecule has 1 nitrogen and oxygen atoms in total. The van der Waals surface area contributed by atoms with E-state index in [2.05, 4.69) is 28.2 Å². The third-order valence-corrected chi connectivity index (χ3v) is 3.32. The van der Waals surface area contributed by atoms with E-state index in [-0.39, 0.29) is 5.82 Å². The van der Waals surface area contributed by atoms with Crippen molar-refractivity contribution < 1.29 is 4.39 Å². The predicted molar refractivity (Wildman–Crippen MR) is 65.7 cm³/mol. The van der Waals surface area contributed by atoms with Crippen molar-refractivity contribution in [3.63, 3.8) is 0 Å². The van der Waals surface area contributed by atoms with Crippen molar-refractivity contribution in [3.05, 3.63) is 34.1 Å². The third-order valence-electron chi connectivity index (χ3n) is 2.21. The first-order valence-corrected chi connectivity index (χ1v) is 6.20. The lowest BCUT2D eigenvalue weighted by atomic mass is 10.2. The Morgan fingerprint density at radius 3 is 2.93 bits per heavy atom. The van der Waals surface area contributed by atoms with Crippen LogP contribution in [0.5, 0.6) is 0 Å². The Bertz CT molecular complexity index is 319. The lowest BCUT2D eigenvalue weighted by Gasteiger charge is -2.13. The van der Waals surface area contributed by atoms with E-state index < -0.39 is 0 Å². The smallest absolute Gasteiger partial charge is 0.137 e. The van der Waals surface area contributed by atoms with E-state index in [4.69, 9.17) is 11.6 Å². The van der Waals surface area contributed by atoms with Gasteiger partial charge in [0.1, 0.15) is 5.82 Å². The van der Waals surface area contributed by atoms with Crippen molar-refractivity contribution in [1.82, 2.24) is 5.32 Å². The molecular weight excluding hydrogens is 280 g/mol. The molecule has 1 aromatic rings. The number of hydrogen-bond acceptors (Lipinski definition) is 1. The van der Waals surface area contributed by atoms with E-state index in [1.165, 1.54) is 6.07 Å². The van der Waals surface area contributed by atoms with Crippen molar-refractivity contribution in [2.24, 2.45) is 0 Å². The van der Waals surface area contributed by atoms with E-state index in [0.29, 0.717) is 22.9 Å². The van der Waals surface area contributed by atoms with Gasteiger partial charge in [0.25, 0.3) is 0 Å². The van der Waals surface area contributed by atoms with Crippen LogP contribution in [-0.2, 0) is 6.54 Å². The number of halogens is 3. The van der Waals surface area contributed by atoms with Crippen LogP contribution in [0.4, 0.5) is 4.39 Å². The zero-order valence-electron chi connectivity index (χ0n) is 8.56. The van der Waals surface area contributed by atoms with Gasteiger partial charge in [-0.15, -0.1) is 11.6 Å². The summed E-state index contributed by atoms with van der Waals surface area (Å²) in [4.78, 5) is 0. The topological polar surface area (TPSA) is 12.0 Å². The van der Waals surface area contributed by atoms with Crippen molar-refractivity contribution in [2.75, 3.05) is 5.88 Å². The highest BCUT2D eigenvalue weighted by atomic mass is 79.9. The van der Waals surface area contributed by atoms with Crippen LogP contribution in [0.2, 0.25) is 0 Å². The van der Waals surface area contributed by atoms with Crippen LogP contribution in [0.1, 0.15) is 18.9 Å². The van der Waals surface area contributed by atoms with Crippen LogP contribution < -0.4 is 5.32 Å². The lowest BCUT2D eigenvalue weighted by molar-refractivity contribution is 0.532. The maximum Gasteiger partial charge on any atom is 0.137 e. The van der Waals surface area contributed by atoms with Crippen LogP contribution in [-0.4, -0.2) is 11.9 Å². The second kappa shape index (κ2) is 6.46. The first-order valence-electron chi connectivity index (χ1n) is 4.87. The normalized spacial score (nSPS) is 12.8. The van der Waals surface area contributed by atoms with Crippen molar-refractivity contribution >= 4 is 27.5 Å². The Morgan fingerprint density at radius 2 is 2.27 bits per heavy atom. The fourth-order valence-corrected chi connectivity index (χ4v) is 1.97. The van der Waals surface area contributed by atoms with Gasteiger partial charge in [0, 0.05) is 18.5 Å². The molecule has 0 saturated heterocycles. The highest BCUT2D eigenvalue weighted by Gasteiger charge is 2.06. The van der Waals surface area contributed by atoms with Gasteiger partial charge in [0.15, 0.2) is 0 Å². The molecule has 0 aromatic heterocycles. The summed E-state index contributed by atoms with van der Waals surface area (Å²) in [5.41, 5.74) is 0.927. The fraction of sp³-hybridized carbons (Fsp3) is 0.455. The largest absolute Gasteiger partial charge is 0.310 e. The van der Waals surface area contributed by atoms with E-state index in [1.807, 2.05) is 6.07 Å². The molecule has 84 valence electrons. The van der Waals surface area contributed by atoms with Crippen molar-refractivity contribution in [2.45, 2.75) is 25.9 Å². The average molecular weight is 295 g/mol. The molecule has 15 heavy (non-hydrogen) atoms. The first kappa shape index (κ1) is 12.9. The summed E-state index contributed by atoms with van der Waals surface area (Å²) in [5, 5.41) is 3.29. The molecule has 0 bridgehead atoms. The number of hydrogen-bond donors (Lipinski definition) is 1. The molecule has 1 unspecified atom stereocenters. The number of benzene rings is 1. The number of alkyl halides is 1. The van der Waals surface area contributed by atoms with Gasteiger partial charge in [-0.1, -0.05) is 12.1 Å². The van der Waals surface area contributed by atoms with Gasteiger partial charge in [0.05, 0.1) is 4.47 Å². The van der Waals surface area contributed by atoms with Gasteiger partial charge in [-0.2, -0.15) is 0 Å². The second-order valence-corrected chi connectivity index (χ2v) is 4.64. The number of rotatable bonds is 5.